The Morgan fingerprint density at radius 2 is 2.00 bits per heavy atom. The molecule has 3 atom stereocenters. The zero-order chi connectivity index (χ0) is 23.3. The van der Waals surface area contributed by atoms with E-state index >= 15 is 0 Å². The van der Waals surface area contributed by atoms with Gasteiger partial charge in [-0.15, -0.1) is 0 Å². The van der Waals surface area contributed by atoms with Gasteiger partial charge in [-0.3, -0.25) is 4.79 Å². The van der Waals surface area contributed by atoms with Crippen molar-refractivity contribution in [2.45, 2.75) is 63.0 Å². The monoisotopic (exact) mass is 460 g/mol. The number of carboxylic acids is 1. The molecule has 7 nitrogen and oxygen atoms in total. The van der Waals surface area contributed by atoms with E-state index in [1.54, 1.807) is 0 Å². The second-order valence-corrected chi connectivity index (χ2v) is 7.70. The van der Waals surface area contributed by atoms with Crippen LogP contribution in [0.4, 0.5) is 17.6 Å². The Morgan fingerprint density at radius 1 is 1.25 bits per heavy atom. The minimum Gasteiger partial charge on any atom is -0.475 e. The summed E-state index contributed by atoms with van der Waals surface area (Å²) in [6.45, 7) is 1.10. The molecule has 1 saturated heterocycles. The average molecular weight is 460 g/mol. The van der Waals surface area contributed by atoms with Crippen molar-refractivity contribution in [3.63, 3.8) is 0 Å². The summed E-state index contributed by atoms with van der Waals surface area (Å²) in [5.74, 6) is -3.08. The number of hydrogen-bond acceptors (Lipinski definition) is 5. The minimum absolute atomic E-state index is 0.000787. The average Bonchev–Trinajstić information content (AvgIpc) is 3.18. The van der Waals surface area contributed by atoms with Gasteiger partial charge in [-0.05, 0) is 50.7 Å². The van der Waals surface area contributed by atoms with Crippen molar-refractivity contribution in [3.05, 3.63) is 35.8 Å². The van der Waals surface area contributed by atoms with Crippen molar-refractivity contribution in [2.24, 2.45) is 0 Å². The molecule has 4 rings (SSSR count). The zero-order valence-corrected chi connectivity index (χ0v) is 17.2. The SMILES string of the molecule is O=C(C1=CCCCC1)N1CCO[C@H]2[C@@H](Oc3ncccc3F)CC[C@@H]21.O=C(O)C(F)(F)F. The number of alkyl halides is 3. The van der Waals surface area contributed by atoms with Gasteiger partial charge in [0.1, 0.15) is 12.2 Å². The zero-order valence-electron chi connectivity index (χ0n) is 17.2. The first-order chi connectivity index (χ1) is 15.2. The van der Waals surface area contributed by atoms with E-state index < -0.39 is 18.0 Å². The van der Waals surface area contributed by atoms with Crippen LogP contribution in [0.2, 0.25) is 0 Å². The number of carboxylic acid groups (broad SMARTS) is 1. The number of halogens is 4. The lowest BCUT2D eigenvalue weighted by Crippen LogP contribution is -2.54. The molecule has 176 valence electrons. The molecule has 2 aliphatic carbocycles. The quantitative estimate of drug-likeness (QED) is 0.695. The largest absolute Gasteiger partial charge is 0.490 e. The van der Waals surface area contributed by atoms with E-state index in [1.165, 1.54) is 18.3 Å². The molecular formula is C21H24F4N2O5. The third-order valence-electron chi connectivity index (χ3n) is 5.59. The topological polar surface area (TPSA) is 89.0 Å². The van der Waals surface area contributed by atoms with Crippen LogP contribution in [0.1, 0.15) is 38.5 Å². The molecule has 0 unspecified atom stereocenters. The number of pyridine rings is 1. The standard InChI is InChI=1S/C19H23FN2O3.C2HF3O2/c20-14-7-4-10-21-18(14)25-16-9-8-15-17(16)24-12-11-22(15)19(23)13-5-2-1-3-6-13;3-2(4,5)1(6)7/h4-5,7,10,15-17H,1-3,6,8-9,11-12H2;(H,6,7)/t15-,16-,17+;/m0./s1. The summed E-state index contributed by atoms with van der Waals surface area (Å²) < 4.78 is 57.2. The number of carbonyl (C=O) groups is 2. The molecule has 1 saturated carbocycles. The number of fused-ring (bicyclic) bond motifs is 1. The molecule has 1 aromatic rings. The number of ether oxygens (including phenoxy) is 2. The van der Waals surface area contributed by atoms with Crippen molar-refractivity contribution in [1.29, 1.82) is 0 Å². The first-order valence-electron chi connectivity index (χ1n) is 10.4. The van der Waals surface area contributed by atoms with Crippen molar-refractivity contribution in [2.75, 3.05) is 13.2 Å². The second kappa shape index (κ2) is 10.3. The molecule has 0 aromatic carbocycles. The Kier molecular flexibility index (Phi) is 7.70. The highest BCUT2D eigenvalue weighted by Gasteiger charge is 2.46. The number of carbonyl (C=O) groups excluding carboxylic acids is 1. The maximum atomic E-state index is 13.8. The van der Waals surface area contributed by atoms with E-state index in [9.17, 15) is 22.4 Å². The van der Waals surface area contributed by atoms with Gasteiger partial charge in [0, 0.05) is 18.3 Å². The van der Waals surface area contributed by atoms with Crippen LogP contribution in [-0.2, 0) is 14.3 Å². The Bertz CT molecular complexity index is 861. The molecule has 11 heteroatoms. The molecule has 1 N–H and O–H groups in total. The van der Waals surface area contributed by atoms with E-state index in [1.807, 2.05) is 4.90 Å². The summed E-state index contributed by atoms with van der Waals surface area (Å²) in [5.41, 5.74) is 0.937. The first-order valence-corrected chi connectivity index (χ1v) is 10.4. The molecule has 0 bridgehead atoms. The normalized spacial score (nSPS) is 25.2. The van der Waals surface area contributed by atoms with E-state index in [2.05, 4.69) is 11.1 Å². The van der Waals surface area contributed by atoms with Crippen molar-refractivity contribution >= 4 is 11.9 Å². The molecule has 2 heterocycles. The highest BCUT2D eigenvalue weighted by molar-refractivity contribution is 5.93. The van der Waals surface area contributed by atoms with E-state index in [-0.39, 0.29) is 30.0 Å². The molecule has 0 spiro atoms. The highest BCUT2D eigenvalue weighted by atomic mass is 19.4. The number of morpholine rings is 1. The maximum Gasteiger partial charge on any atom is 0.490 e. The van der Waals surface area contributed by atoms with Crippen LogP contribution in [0.3, 0.4) is 0 Å². The van der Waals surface area contributed by atoms with Gasteiger partial charge in [0.2, 0.25) is 5.91 Å². The molecular weight excluding hydrogens is 436 g/mol. The Balaban J connectivity index is 0.000000360. The third kappa shape index (κ3) is 5.76. The van der Waals surface area contributed by atoms with Gasteiger partial charge >= 0.3 is 12.1 Å². The minimum atomic E-state index is -5.08. The summed E-state index contributed by atoms with van der Waals surface area (Å²) in [6, 6.07) is 2.87. The predicted octanol–water partition coefficient (Wildman–Crippen LogP) is 3.49. The summed E-state index contributed by atoms with van der Waals surface area (Å²) in [5, 5.41) is 7.12. The van der Waals surface area contributed by atoms with Crippen LogP contribution >= 0.6 is 0 Å². The fraction of sp³-hybridized carbons (Fsp3) is 0.571. The van der Waals surface area contributed by atoms with Crippen LogP contribution in [0.25, 0.3) is 0 Å². The van der Waals surface area contributed by atoms with Crippen molar-refractivity contribution < 1.29 is 41.7 Å². The van der Waals surface area contributed by atoms with Gasteiger partial charge in [-0.25, -0.2) is 14.2 Å². The fourth-order valence-corrected chi connectivity index (χ4v) is 4.11. The highest BCUT2D eigenvalue weighted by Crippen LogP contribution is 2.34. The van der Waals surface area contributed by atoms with Crippen LogP contribution in [0.15, 0.2) is 30.0 Å². The first kappa shape index (κ1) is 24.0. The molecule has 3 aliphatic rings. The van der Waals surface area contributed by atoms with Crippen LogP contribution < -0.4 is 4.74 Å². The predicted molar refractivity (Wildman–Crippen MR) is 103 cm³/mol. The molecule has 1 amide bonds. The summed E-state index contributed by atoms with van der Waals surface area (Å²) in [6.07, 6.45) is 3.67. The Morgan fingerprint density at radius 3 is 2.62 bits per heavy atom. The van der Waals surface area contributed by atoms with Gasteiger partial charge in [-0.1, -0.05) is 6.08 Å². The molecule has 1 aromatic heterocycles. The van der Waals surface area contributed by atoms with Gasteiger partial charge in [0.15, 0.2) is 5.82 Å². The molecule has 1 aliphatic heterocycles. The third-order valence-corrected chi connectivity index (χ3v) is 5.59. The Labute approximate surface area is 182 Å². The lowest BCUT2D eigenvalue weighted by atomic mass is 9.97. The van der Waals surface area contributed by atoms with Gasteiger partial charge < -0.3 is 19.5 Å². The summed E-state index contributed by atoms with van der Waals surface area (Å²) in [7, 11) is 0. The van der Waals surface area contributed by atoms with Gasteiger partial charge in [0.25, 0.3) is 5.88 Å². The number of hydrogen-bond donors (Lipinski definition) is 1. The lowest BCUT2D eigenvalue weighted by Gasteiger charge is -2.39. The number of allylic oxidation sites excluding steroid dienone is 1. The van der Waals surface area contributed by atoms with Crippen molar-refractivity contribution in [3.8, 4) is 5.88 Å². The number of nitrogens with zero attached hydrogens (tertiary/aromatic N) is 2. The maximum absolute atomic E-state index is 13.8. The van der Waals surface area contributed by atoms with Crippen molar-refractivity contribution in [1.82, 2.24) is 9.88 Å². The summed E-state index contributed by atoms with van der Waals surface area (Å²) in [4.78, 5) is 27.7. The number of amides is 1. The number of aromatic nitrogens is 1. The fourth-order valence-electron chi connectivity index (χ4n) is 4.11. The summed E-state index contributed by atoms with van der Waals surface area (Å²) >= 11 is 0. The lowest BCUT2D eigenvalue weighted by molar-refractivity contribution is -0.192. The van der Waals surface area contributed by atoms with E-state index in [0.29, 0.717) is 13.2 Å². The van der Waals surface area contributed by atoms with Crippen LogP contribution in [0, 0.1) is 5.82 Å². The number of aliphatic carboxylic acids is 1. The smallest absolute Gasteiger partial charge is 0.475 e. The van der Waals surface area contributed by atoms with E-state index in [0.717, 1.165) is 44.1 Å². The number of rotatable bonds is 3. The van der Waals surface area contributed by atoms with E-state index in [4.69, 9.17) is 19.4 Å². The molecule has 2 fully saturated rings. The Hall–Kier alpha value is -2.69. The van der Waals surface area contributed by atoms with Crippen LogP contribution in [0.5, 0.6) is 5.88 Å². The van der Waals surface area contributed by atoms with Gasteiger partial charge in [-0.2, -0.15) is 13.2 Å². The van der Waals surface area contributed by atoms with Gasteiger partial charge in [0.05, 0.1) is 12.6 Å². The molecule has 0 radical (unpaired) electrons. The van der Waals surface area contributed by atoms with Crippen LogP contribution in [-0.4, -0.2) is 64.4 Å². The molecule has 32 heavy (non-hydrogen) atoms. The second-order valence-electron chi connectivity index (χ2n) is 7.70.